The van der Waals surface area contributed by atoms with Gasteiger partial charge in [-0.25, -0.2) is 0 Å². The van der Waals surface area contributed by atoms with Crippen molar-refractivity contribution in [2.24, 2.45) is 5.92 Å². The minimum atomic E-state index is 0.361. The fraction of sp³-hybridized carbons (Fsp3) is 0.476. The Morgan fingerprint density at radius 3 is 2.32 bits per heavy atom. The van der Waals surface area contributed by atoms with Crippen molar-refractivity contribution in [2.75, 3.05) is 0 Å². The fourth-order valence-electron chi connectivity index (χ4n) is 3.99. The van der Waals surface area contributed by atoms with Crippen LogP contribution >= 0.6 is 0 Å². The molecule has 1 heteroatoms. The predicted octanol–water partition coefficient (Wildman–Crippen LogP) is 6.01. The van der Waals surface area contributed by atoms with E-state index in [4.69, 9.17) is 5.41 Å². The van der Waals surface area contributed by atoms with Crippen molar-refractivity contribution in [2.45, 2.75) is 58.8 Å². The summed E-state index contributed by atoms with van der Waals surface area (Å²) in [6.07, 6.45) is 8.68. The van der Waals surface area contributed by atoms with Crippen LogP contribution in [-0.2, 0) is 0 Å². The molecule has 0 aliphatic heterocycles. The molecule has 0 saturated heterocycles. The van der Waals surface area contributed by atoms with Gasteiger partial charge in [0.15, 0.2) is 0 Å². The number of hydrogen-bond acceptors (Lipinski definition) is 1. The smallest absolute Gasteiger partial charge is 0.0420 e. The fourth-order valence-corrected chi connectivity index (χ4v) is 3.99. The van der Waals surface area contributed by atoms with Crippen LogP contribution in [0, 0.1) is 11.3 Å². The van der Waals surface area contributed by atoms with E-state index in [1.54, 1.807) is 0 Å². The summed E-state index contributed by atoms with van der Waals surface area (Å²) in [5.74, 6) is 0.826. The molecule has 116 valence electrons. The largest absolute Gasteiger partial charge is 0.304 e. The Bertz CT molecular complexity index is 642. The molecule has 1 unspecified atom stereocenters. The van der Waals surface area contributed by atoms with Crippen LogP contribution in [0.15, 0.2) is 47.1 Å². The monoisotopic (exact) mass is 293 g/mol. The second-order valence-electron chi connectivity index (χ2n) is 6.97. The number of nitrogens with one attached hydrogen (secondary N) is 1. The molecule has 1 aromatic carbocycles. The molecule has 0 heterocycles. The van der Waals surface area contributed by atoms with Crippen molar-refractivity contribution in [1.29, 1.82) is 5.41 Å². The molecule has 1 saturated carbocycles. The van der Waals surface area contributed by atoms with Gasteiger partial charge in [0, 0.05) is 17.5 Å². The third-order valence-electron chi connectivity index (χ3n) is 5.67. The number of benzene rings is 1. The SMILES string of the molecule is CC1=CC(c2ccccc2C(=N)C2CCCCC2)C(C)=C1C. The summed E-state index contributed by atoms with van der Waals surface area (Å²) >= 11 is 0. The van der Waals surface area contributed by atoms with Gasteiger partial charge in [0.2, 0.25) is 0 Å². The molecule has 0 amide bonds. The van der Waals surface area contributed by atoms with E-state index in [2.05, 4.69) is 51.1 Å². The van der Waals surface area contributed by atoms with E-state index in [1.165, 1.54) is 60.0 Å². The minimum absolute atomic E-state index is 0.361. The first-order valence-corrected chi connectivity index (χ1v) is 8.63. The van der Waals surface area contributed by atoms with Gasteiger partial charge < -0.3 is 5.41 Å². The maximum Gasteiger partial charge on any atom is 0.0420 e. The van der Waals surface area contributed by atoms with Crippen LogP contribution in [0.1, 0.15) is 69.9 Å². The second-order valence-corrected chi connectivity index (χ2v) is 6.97. The second kappa shape index (κ2) is 6.24. The Morgan fingerprint density at radius 1 is 1.00 bits per heavy atom. The molecule has 0 spiro atoms. The van der Waals surface area contributed by atoms with Crippen LogP contribution in [0.3, 0.4) is 0 Å². The van der Waals surface area contributed by atoms with Gasteiger partial charge in [-0.2, -0.15) is 0 Å². The topological polar surface area (TPSA) is 23.9 Å². The molecule has 1 N–H and O–H groups in total. The molecule has 3 rings (SSSR count). The Morgan fingerprint density at radius 2 is 1.68 bits per heavy atom. The standard InChI is InChI=1S/C21H27N/c1-14-13-20(16(3)15(14)2)18-11-7-8-12-19(18)21(22)17-9-5-4-6-10-17/h7-8,11-13,17,20,22H,4-6,9-10H2,1-3H3. The lowest BCUT2D eigenvalue weighted by Crippen LogP contribution is -2.20. The Kier molecular flexibility index (Phi) is 4.33. The third-order valence-corrected chi connectivity index (χ3v) is 5.67. The minimum Gasteiger partial charge on any atom is -0.304 e. The van der Waals surface area contributed by atoms with E-state index in [0.717, 1.165) is 5.71 Å². The lowest BCUT2D eigenvalue weighted by molar-refractivity contribution is 0.438. The quantitative estimate of drug-likeness (QED) is 0.659. The molecule has 1 nitrogen and oxygen atoms in total. The van der Waals surface area contributed by atoms with E-state index in [9.17, 15) is 0 Å². The average molecular weight is 293 g/mol. The molecule has 0 bridgehead atoms. The van der Waals surface area contributed by atoms with Gasteiger partial charge in [-0.1, -0.05) is 60.8 Å². The number of hydrogen-bond donors (Lipinski definition) is 1. The molecule has 1 atom stereocenters. The summed E-state index contributed by atoms with van der Waals surface area (Å²) in [5.41, 5.74) is 7.63. The van der Waals surface area contributed by atoms with Gasteiger partial charge in [-0.3, -0.25) is 0 Å². The first kappa shape index (κ1) is 15.3. The van der Waals surface area contributed by atoms with Crippen molar-refractivity contribution in [3.05, 3.63) is 58.2 Å². The first-order chi connectivity index (χ1) is 10.6. The first-order valence-electron chi connectivity index (χ1n) is 8.63. The van der Waals surface area contributed by atoms with Gasteiger partial charge in [-0.15, -0.1) is 0 Å². The van der Waals surface area contributed by atoms with E-state index in [0.29, 0.717) is 11.8 Å². The molecule has 22 heavy (non-hydrogen) atoms. The highest BCUT2D eigenvalue weighted by Crippen LogP contribution is 2.39. The zero-order valence-electron chi connectivity index (χ0n) is 14.1. The highest BCUT2D eigenvalue weighted by Gasteiger charge is 2.26. The summed E-state index contributed by atoms with van der Waals surface area (Å²) in [6.45, 7) is 6.66. The van der Waals surface area contributed by atoms with Gasteiger partial charge in [0.05, 0.1) is 0 Å². The van der Waals surface area contributed by atoms with Crippen molar-refractivity contribution < 1.29 is 0 Å². The van der Waals surface area contributed by atoms with E-state index in [1.807, 2.05) is 0 Å². The van der Waals surface area contributed by atoms with Crippen LogP contribution in [0.2, 0.25) is 0 Å². The summed E-state index contributed by atoms with van der Waals surface area (Å²) < 4.78 is 0. The average Bonchev–Trinajstić information content (AvgIpc) is 2.82. The maximum absolute atomic E-state index is 8.76. The lowest BCUT2D eigenvalue weighted by atomic mass is 9.80. The molecule has 0 radical (unpaired) electrons. The summed E-state index contributed by atoms with van der Waals surface area (Å²) in [5, 5.41) is 8.76. The molecule has 1 aromatic rings. The molecule has 2 aliphatic rings. The summed E-state index contributed by atoms with van der Waals surface area (Å²) in [6, 6.07) is 8.60. The zero-order chi connectivity index (χ0) is 15.7. The number of allylic oxidation sites excluding steroid dienone is 4. The molecular formula is C21H27N. The van der Waals surface area contributed by atoms with E-state index >= 15 is 0 Å². The van der Waals surface area contributed by atoms with Crippen LogP contribution in [0.4, 0.5) is 0 Å². The van der Waals surface area contributed by atoms with E-state index in [-0.39, 0.29) is 0 Å². The Labute approximate surface area is 134 Å². The Balaban J connectivity index is 1.96. The summed E-state index contributed by atoms with van der Waals surface area (Å²) in [7, 11) is 0. The van der Waals surface area contributed by atoms with Crippen molar-refractivity contribution in [3.8, 4) is 0 Å². The third kappa shape index (κ3) is 2.69. The van der Waals surface area contributed by atoms with Crippen LogP contribution < -0.4 is 0 Å². The van der Waals surface area contributed by atoms with Crippen LogP contribution in [0.25, 0.3) is 0 Å². The predicted molar refractivity (Wildman–Crippen MR) is 94.7 cm³/mol. The Hall–Kier alpha value is -1.63. The molecular weight excluding hydrogens is 266 g/mol. The van der Waals surface area contributed by atoms with Gasteiger partial charge in [0.25, 0.3) is 0 Å². The molecule has 1 fully saturated rings. The normalized spacial score (nSPS) is 22.9. The van der Waals surface area contributed by atoms with Crippen LogP contribution in [0.5, 0.6) is 0 Å². The maximum atomic E-state index is 8.76. The number of rotatable bonds is 3. The van der Waals surface area contributed by atoms with Gasteiger partial charge in [0.1, 0.15) is 0 Å². The van der Waals surface area contributed by atoms with Gasteiger partial charge in [-0.05, 0) is 50.3 Å². The highest BCUT2D eigenvalue weighted by molar-refractivity contribution is 6.01. The highest BCUT2D eigenvalue weighted by atomic mass is 14.5. The van der Waals surface area contributed by atoms with Crippen molar-refractivity contribution in [1.82, 2.24) is 0 Å². The summed E-state index contributed by atoms with van der Waals surface area (Å²) in [4.78, 5) is 0. The van der Waals surface area contributed by atoms with Crippen molar-refractivity contribution in [3.63, 3.8) is 0 Å². The molecule has 0 aromatic heterocycles. The lowest BCUT2D eigenvalue weighted by Gasteiger charge is -2.25. The van der Waals surface area contributed by atoms with Gasteiger partial charge >= 0.3 is 0 Å². The molecule has 2 aliphatic carbocycles. The van der Waals surface area contributed by atoms with Crippen molar-refractivity contribution >= 4 is 5.71 Å². The zero-order valence-corrected chi connectivity index (χ0v) is 14.1. The van der Waals surface area contributed by atoms with E-state index < -0.39 is 0 Å². The van der Waals surface area contributed by atoms with Crippen LogP contribution in [-0.4, -0.2) is 5.71 Å².